The van der Waals surface area contributed by atoms with E-state index >= 15 is 0 Å². The molecule has 2 saturated heterocycles. The number of amides is 2. The molecule has 0 aliphatic carbocycles. The molecule has 4 atom stereocenters. The monoisotopic (exact) mass is 410 g/mol. The zero-order chi connectivity index (χ0) is 20.9. The van der Waals surface area contributed by atoms with Gasteiger partial charge < -0.3 is 28.8 Å². The fourth-order valence-corrected chi connectivity index (χ4v) is 4.72. The summed E-state index contributed by atoms with van der Waals surface area (Å²) in [5.41, 5.74) is -0.248. The second kappa shape index (κ2) is 6.91. The topological polar surface area (TPSA) is 90.2 Å². The molecule has 1 aromatic heterocycles. The van der Waals surface area contributed by atoms with E-state index in [1.54, 1.807) is 42.5 Å². The van der Waals surface area contributed by atoms with E-state index in [1.165, 1.54) is 7.11 Å². The van der Waals surface area contributed by atoms with Gasteiger partial charge in [0.25, 0.3) is 0 Å². The Hall–Kier alpha value is -3.26. The number of nitrogens with one attached hydrogen (secondary N) is 1. The quantitative estimate of drug-likeness (QED) is 0.735. The van der Waals surface area contributed by atoms with Gasteiger partial charge in [0.15, 0.2) is 0 Å². The smallest absolute Gasteiger partial charge is 0.231 e. The van der Waals surface area contributed by atoms with Gasteiger partial charge in [0.1, 0.15) is 22.9 Å². The second-order valence-corrected chi connectivity index (χ2v) is 7.73. The molecule has 1 aromatic carbocycles. The average molecular weight is 410 g/mol. The minimum absolute atomic E-state index is 0.0971. The fraction of sp³-hybridized carbons (Fsp3) is 0.364. The third-order valence-electron chi connectivity index (χ3n) is 6.07. The van der Waals surface area contributed by atoms with Crippen molar-refractivity contribution in [3.63, 3.8) is 0 Å². The lowest BCUT2D eigenvalue weighted by molar-refractivity contribution is -0.136. The van der Waals surface area contributed by atoms with Gasteiger partial charge in [-0.15, -0.1) is 0 Å². The molecule has 3 aliphatic rings. The number of nitrogens with zero attached hydrogens (tertiary/aromatic N) is 1. The maximum atomic E-state index is 13.2. The van der Waals surface area contributed by atoms with Crippen molar-refractivity contribution in [2.75, 3.05) is 26.1 Å². The maximum absolute atomic E-state index is 13.2. The van der Waals surface area contributed by atoms with E-state index in [9.17, 15) is 9.59 Å². The van der Waals surface area contributed by atoms with Gasteiger partial charge in [0.2, 0.25) is 11.8 Å². The van der Waals surface area contributed by atoms with Crippen LogP contribution in [-0.4, -0.2) is 49.2 Å². The minimum atomic E-state index is -0.764. The molecule has 0 unspecified atom stereocenters. The average Bonchev–Trinajstić information content (AvgIpc) is 3.52. The molecule has 1 N–H and O–H groups in total. The molecule has 2 amide bonds. The highest BCUT2D eigenvalue weighted by Crippen LogP contribution is 2.52. The van der Waals surface area contributed by atoms with Crippen molar-refractivity contribution >= 4 is 17.5 Å². The van der Waals surface area contributed by atoms with Crippen LogP contribution < -0.4 is 14.8 Å². The van der Waals surface area contributed by atoms with Crippen LogP contribution in [-0.2, 0) is 20.9 Å². The van der Waals surface area contributed by atoms with Crippen LogP contribution in [0.2, 0.25) is 0 Å². The summed E-state index contributed by atoms with van der Waals surface area (Å²) in [6.07, 6.45) is 4.97. The standard InChI is InChI=1S/C22H22N2O6/c1-27-13-5-6-15(17(10-13)28-2)23-20(25)18-16-7-8-22(30-16)12-24(21(26)19(18)22)11-14-4-3-9-29-14/h3-10,16,18-19H,11-12H2,1-2H3,(H,23,25)/t16-,18-,19-,22-/m0/s1. The van der Waals surface area contributed by atoms with Crippen LogP contribution in [0.25, 0.3) is 0 Å². The third kappa shape index (κ3) is 2.79. The maximum Gasteiger partial charge on any atom is 0.231 e. The van der Waals surface area contributed by atoms with Gasteiger partial charge in [-0.25, -0.2) is 0 Å². The van der Waals surface area contributed by atoms with Crippen LogP contribution in [0.4, 0.5) is 5.69 Å². The predicted octanol–water partition coefficient (Wildman–Crippen LogP) is 2.22. The van der Waals surface area contributed by atoms with Crippen LogP contribution in [0.5, 0.6) is 11.5 Å². The van der Waals surface area contributed by atoms with E-state index in [2.05, 4.69) is 5.32 Å². The number of likely N-dealkylation sites (tertiary alicyclic amines) is 1. The number of methoxy groups -OCH3 is 2. The molecule has 3 aliphatic heterocycles. The largest absolute Gasteiger partial charge is 0.497 e. The highest BCUT2D eigenvalue weighted by atomic mass is 16.5. The van der Waals surface area contributed by atoms with Crippen molar-refractivity contribution < 1.29 is 28.2 Å². The number of carbonyl (C=O) groups is 2. The highest BCUT2D eigenvalue weighted by molar-refractivity contribution is 6.00. The van der Waals surface area contributed by atoms with Gasteiger partial charge in [-0.1, -0.05) is 12.2 Å². The number of anilines is 1. The molecule has 1 spiro atoms. The van der Waals surface area contributed by atoms with E-state index in [4.69, 9.17) is 18.6 Å². The summed E-state index contributed by atoms with van der Waals surface area (Å²) in [4.78, 5) is 28.2. The summed E-state index contributed by atoms with van der Waals surface area (Å²) in [5.74, 6) is 0.251. The normalized spacial score (nSPS) is 28.7. The molecule has 5 rings (SSSR count). The summed E-state index contributed by atoms with van der Waals surface area (Å²) in [6.45, 7) is 0.756. The van der Waals surface area contributed by atoms with E-state index in [1.807, 2.05) is 18.2 Å². The number of furan rings is 1. The molecule has 30 heavy (non-hydrogen) atoms. The Morgan fingerprint density at radius 3 is 2.90 bits per heavy atom. The Labute approximate surface area is 173 Å². The van der Waals surface area contributed by atoms with Crippen molar-refractivity contribution in [1.82, 2.24) is 4.90 Å². The van der Waals surface area contributed by atoms with E-state index < -0.39 is 23.5 Å². The molecule has 156 valence electrons. The lowest BCUT2D eigenvalue weighted by atomic mass is 9.76. The highest BCUT2D eigenvalue weighted by Gasteiger charge is 2.66. The van der Waals surface area contributed by atoms with Gasteiger partial charge in [-0.05, 0) is 24.3 Å². The van der Waals surface area contributed by atoms with Crippen molar-refractivity contribution in [3.8, 4) is 11.5 Å². The lowest BCUT2D eigenvalue weighted by Gasteiger charge is -2.24. The van der Waals surface area contributed by atoms with Crippen LogP contribution in [0.15, 0.2) is 53.2 Å². The molecule has 4 heterocycles. The molecule has 0 saturated carbocycles. The third-order valence-corrected chi connectivity index (χ3v) is 6.07. The van der Waals surface area contributed by atoms with Crippen molar-refractivity contribution in [3.05, 3.63) is 54.5 Å². The Morgan fingerprint density at radius 1 is 1.30 bits per heavy atom. The zero-order valence-electron chi connectivity index (χ0n) is 16.7. The lowest BCUT2D eigenvalue weighted by Crippen LogP contribution is -2.41. The second-order valence-electron chi connectivity index (χ2n) is 7.73. The Morgan fingerprint density at radius 2 is 2.17 bits per heavy atom. The van der Waals surface area contributed by atoms with Gasteiger partial charge >= 0.3 is 0 Å². The first-order valence-electron chi connectivity index (χ1n) is 9.76. The Balaban J connectivity index is 1.38. The number of rotatable bonds is 6. The van der Waals surface area contributed by atoms with Gasteiger partial charge in [-0.2, -0.15) is 0 Å². The summed E-state index contributed by atoms with van der Waals surface area (Å²) in [6, 6.07) is 8.76. The Kier molecular flexibility index (Phi) is 4.32. The van der Waals surface area contributed by atoms with Gasteiger partial charge in [0, 0.05) is 6.07 Å². The molecular formula is C22H22N2O6. The first-order chi connectivity index (χ1) is 14.5. The Bertz CT molecular complexity index is 1020. The first-order valence-corrected chi connectivity index (χ1v) is 9.76. The molecule has 2 fully saturated rings. The number of ether oxygens (including phenoxy) is 3. The SMILES string of the molecule is COc1ccc(NC(=O)[C@H]2[C@@H]3C=C[C@@]4(CN(Cc5ccco5)C(=O)[C@H]24)O3)c(OC)c1. The van der Waals surface area contributed by atoms with Gasteiger partial charge in [-0.3, -0.25) is 9.59 Å². The fourth-order valence-electron chi connectivity index (χ4n) is 4.72. The van der Waals surface area contributed by atoms with E-state index in [0.717, 1.165) is 0 Å². The summed E-state index contributed by atoms with van der Waals surface area (Å²) in [7, 11) is 3.08. The van der Waals surface area contributed by atoms with Crippen LogP contribution in [0, 0.1) is 11.8 Å². The number of hydrogen-bond donors (Lipinski definition) is 1. The first kappa shape index (κ1) is 18.7. The van der Waals surface area contributed by atoms with Crippen LogP contribution in [0.1, 0.15) is 5.76 Å². The van der Waals surface area contributed by atoms with Crippen LogP contribution in [0.3, 0.4) is 0 Å². The van der Waals surface area contributed by atoms with Crippen molar-refractivity contribution in [2.24, 2.45) is 11.8 Å². The molecule has 0 radical (unpaired) electrons. The number of hydrogen-bond acceptors (Lipinski definition) is 6. The van der Waals surface area contributed by atoms with E-state index in [0.29, 0.717) is 36.0 Å². The molecule has 2 aromatic rings. The summed E-state index contributed by atoms with van der Waals surface area (Å²) < 4.78 is 22.1. The summed E-state index contributed by atoms with van der Waals surface area (Å²) >= 11 is 0. The number of benzene rings is 1. The number of fused-ring (bicyclic) bond motifs is 1. The zero-order valence-corrected chi connectivity index (χ0v) is 16.7. The van der Waals surface area contributed by atoms with Crippen molar-refractivity contribution in [2.45, 2.75) is 18.2 Å². The molecule has 8 heteroatoms. The molecule has 2 bridgehead atoms. The van der Waals surface area contributed by atoms with Crippen LogP contribution >= 0.6 is 0 Å². The molecule has 8 nitrogen and oxygen atoms in total. The number of carbonyl (C=O) groups excluding carboxylic acids is 2. The van der Waals surface area contributed by atoms with Crippen molar-refractivity contribution in [1.29, 1.82) is 0 Å². The van der Waals surface area contributed by atoms with E-state index in [-0.39, 0.29) is 11.8 Å². The molecular weight excluding hydrogens is 388 g/mol. The predicted molar refractivity (Wildman–Crippen MR) is 106 cm³/mol. The van der Waals surface area contributed by atoms with Gasteiger partial charge in [0.05, 0.1) is 57.2 Å². The summed E-state index contributed by atoms with van der Waals surface area (Å²) in [5, 5.41) is 2.91. The minimum Gasteiger partial charge on any atom is -0.497 e.